The van der Waals surface area contributed by atoms with Crippen molar-refractivity contribution in [1.29, 1.82) is 0 Å². The maximum absolute atomic E-state index is 11.3. The van der Waals surface area contributed by atoms with E-state index in [0.29, 0.717) is 25.7 Å². The molecule has 3 N–H and O–H groups in total. The molecule has 0 radical (unpaired) electrons. The molecule has 0 bridgehead atoms. The van der Waals surface area contributed by atoms with E-state index in [1.54, 1.807) is 7.11 Å². The molecular formula is C16H24N2O3. The number of nitrogens with one attached hydrogen (secondary N) is 1. The topological polar surface area (TPSA) is 73.6 Å². The first kappa shape index (κ1) is 15.8. The predicted octanol–water partition coefficient (Wildman–Crippen LogP) is 1.25. The number of carbonyl (C=O) groups is 1. The van der Waals surface area contributed by atoms with Crippen molar-refractivity contribution < 1.29 is 14.3 Å². The summed E-state index contributed by atoms with van der Waals surface area (Å²) in [6, 6.07) is 8.11. The first-order valence-electron chi connectivity index (χ1n) is 7.45. The number of carbonyl (C=O) groups excluding carboxylic acids is 1. The molecule has 21 heavy (non-hydrogen) atoms. The molecule has 1 aromatic rings. The van der Waals surface area contributed by atoms with Gasteiger partial charge in [0, 0.05) is 19.6 Å². The lowest BCUT2D eigenvalue weighted by Gasteiger charge is -2.15. The van der Waals surface area contributed by atoms with Crippen molar-refractivity contribution in [2.24, 2.45) is 5.73 Å². The number of rotatable bonds is 10. The summed E-state index contributed by atoms with van der Waals surface area (Å²) in [4.78, 5) is 11.3. The number of methoxy groups -OCH3 is 1. The molecule has 1 saturated carbocycles. The van der Waals surface area contributed by atoms with Gasteiger partial charge in [-0.25, -0.2) is 0 Å². The van der Waals surface area contributed by atoms with E-state index in [-0.39, 0.29) is 11.9 Å². The molecular weight excluding hydrogens is 268 g/mol. The second-order valence-electron chi connectivity index (χ2n) is 5.42. The van der Waals surface area contributed by atoms with Gasteiger partial charge in [-0.05, 0) is 37.0 Å². The lowest BCUT2D eigenvalue weighted by molar-refractivity contribution is -0.120. The van der Waals surface area contributed by atoms with Gasteiger partial charge in [-0.15, -0.1) is 0 Å². The number of nitrogens with two attached hydrogens (primary N) is 1. The van der Waals surface area contributed by atoms with Gasteiger partial charge < -0.3 is 20.5 Å². The number of amides is 1. The van der Waals surface area contributed by atoms with Crippen LogP contribution < -0.4 is 15.8 Å². The molecule has 1 fully saturated rings. The maximum Gasteiger partial charge on any atom is 0.234 e. The van der Waals surface area contributed by atoms with Gasteiger partial charge in [-0.2, -0.15) is 0 Å². The second kappa shape index (κ2) is 8.00. The molecule has 1 aromatic carbocycles. The van der Waals surface area contributed by atoms with Crippen molar-refractivity contribution in [3.63, 3.8) is 0 Å². The monoisotopic (exact) mass is 292 g/mol. The third-order valence-corrected chi connectivity index (χ3v) is 3.55. The fourth-order valence-electron chi connectivity index (χ4n) is 2.11. The van der Waals surface area contributed by atoms with Crippen molar-refractivity contribution in [3.8, 4) is 5.75 Å². The van der Waals surface area contributed by atoms with E-state index in [2.05, 4.69) is 5.32 Å². The van der Waals surface area contributed by atoms with E-state index in [1.807, 2.05) is 24.3 Å². The zero-order valence-corrected chi connectivity index (χ0v) is 12.5. The highest BCUT2D eigenvalue weighted by molar-refractivity contribution is 5.79. The minimum Gasteiger partial charge on any atom is -0.494 e. The maximum atomic E-state index is 11.3. The van der Waals surface area contributed by atoms with E-state index >= 15 is 0 Å². The molecule has 0 aliphatic heterocycles. The van der Waals surface area contributed by atoms with Gasteiger partial charge in [0.05, 0.1) is 19.3 Å². The van der Waals surface area contributed by atoms with Crippen molar-refractivity contribution in [2.45, 2.75) is 37.8 Å². The number of ether oxygens (including phenoxy) is 2. The van der Waals surface area contributed by atoms with E-state index in [0.717, 1.165) is 25.0 Å². The van der Waals surface area contributed by atoms with Crippen molar-refractivity contribution in [2.75, 3.05) is 20.3 Å². The largest absolute Gasteiger partial charge is 0.494 e. The Balaban J connectivity index is 1.72. The van der Waals surface area contributed by atoms with Crippen LogP contribution in [0.15, 0.2) is 24.3 Å². The van der Waals surface area contributed by atoms with E-state index in [1.165, 1.54) is 5.56 Å². The highest BCUT2D eigenvalue weighted by atomic mass is 16.5. The molecule has 1 unspecified atom stereocenters. The highest BCUT2D eigenvalue weighted by Gasteiger charge is 2.26. The van der Waals surface area contributed by atoms with Crippen LogP contribution in [-0.4, -0.2) is 38.3 Å². The number of hydrogen-bond acceptors (Lipinski definition) is 4. The normalized spacial score (nSPS) is 15.7. The summed E-state index contributed by atoms with van der Waals surface area (Å²) in [5.41, 5.74) is 6.61. The fraction of sp³-hybridized carbons (Fsp3) is 0.562. The highest BCUT2D eigenvalue weighted by Crippen LogP contribution is 2.20. The van der Waals surface area contributed by atoms with Crippen LogP contribution in [0.5, 0.6) is 5.75 Å². The van der Waals surface area contributed by atoms with Crippen molar-refractivity contribution in [1.82, 2.24) is 5.32 Å². The molecule has 5 nitrogen and oxygen atoms in total. The molecule has 0 heterocycles. The molecule has 116 valence electrons. The number of benzene rings is 1. The SMILES string of the molecule is COCCc1ccc(OCCC(NC2CC2)C(N)=O)cc1. The molecule has 1 atom stereocenters. The fourth-order valence-corrected chi connectivity index (χ4v) is 2.11. The molecule has 0 saturated heterocycles. The third-order valence-electron chi connectivity index (χ3n) is 3.55. The zero-order chi connectivity index (χ0) is 15.1. The summed E-state index contributed by atoms with van der Waals surface area (Å²) in [7, 11) is 1.70. The predicted molar refractivity (Wildman–Crippen MR) is 81.3 cm³/mol. The first-order chi connectivity index (χ1) is 10.2. The van der Waals surface area contributed by atoms with Crippen LogP contribution in [0, 0.1) is 0 Å². The van der Waals surface area contributed by atoms with Gasteiger partial charge in [0.25, 0.3) is 0 Å². The minimum atomic E-state index is -0.305. The molecule has 1 aliphatic rings. The Labute approximate surface area is 125 Å². The Hall–Kier alpha value is -1.59. The Morgan fingerprint density at radius 3 is 2.62 bits per heavy atom. The van der Waals surface area contributed by atoms with Crippen LogP contribution >= 0.6 is 0 Å². The van der Waals surface area contributed by atoms with E-state index in [4.69, 9.17) is 15.2 Å². The summed E-state index contributed by atoms with van der Waals surface area (Å²) in [6.45, 7) is 1.19. The lowest BCUT2D eigenvalue weighted by Crippen LogP contribution is -2.43. The standard InChI is InChI=1S/C16H24N2O3/c1-20-10-8-12-2-6-14(7-3-12)21-11-9-15(16(17)19)18-13-4-5-13/h2-3,6-7,13,15,18H,4-5,8-11H2,1H3,(H2,17,19). The van der Waals surface area contributed by atoms with Gasteiger partial charge in [0.2, 0.25) is 5.91 Å². The quantitative estimate of drug-likeness (QED) is 0.681. The van der Waals surface area contributed by atoms with E-state index < -0.39 is 0 Å². The average molecular weight is 292 g/mol. The van der Waals surface area contributed by atoms with Gasteiger partial charge in [0.1, 0.15) is 5.75 Å². The second-order valence-corrected chi connectivity index (χ2v) is 5.42. The minimum absolute atomic E-state index is 0.293. The summed E-state index contributed by atoms with van der Waals surface area (Å²) in [6.07, 6.45) is 3.75. The average Bonchev–Trinajstić information content (AvgIpc) is 3.29. The summed E-state index contributed by atoms with van der Waals surface area (Å²) >= 11 is 0. The van der Waals surface area contributed by atoms with Gasteiger partial charge >= 0.3 is 0 Å². The van der Waals surface area contributed by atoms with Crippen LogP contribution in [-0.2, 0) is 16.0 Å². The Morgan fingerprint density at radius 2 is 2.05 bits per heavy atom. The van der Waals surface area contributed by atoms with Crippen LogP contribution in [0.25, 0.3) is 0 Å². The molecule has 5 heteroatoms. The Bertz CT molecular complexity index is 443. The van der Waals surface area contributed by atoms with Crippen LogP contribution in [0.2, 0.25) is 0 Å². The van der Waals surface area contributed by atoms with Crippen LogP contribution in [0.4, 0.5) is 0 Å². The van der Waals surface area contributed by atoms with E-state index in [9.17, 15) is 4.79 Å². The summed E-state index contributed by atoms with van der Waals surface area (Å²) in [5.74, 6) is 0.506. The van der Waals surface area contributed by atoms with Gasteiger partial charge in [-0.1, -0.05) is 12.1 Å². The smallest absolute Gasteiger partial charge is 0.234 e. The molecule has 1 aliphatic carbocycles. The number of hydrogen-bond donors (Lipinski definition) is 2. The third kappa shape index (κ3) is 5.73. The summed E-state index contributed by atoms with van der Waals surface area (Å²) < 4.78 is 10.7. The van der Waals surface area contributed by atoms with Gasteiger partial charge in [-0.3, -0.25) is 4.79 Å². The van der Waals surface area contributed by atoms with Crippen molar-refractivity contribution in [3.05, 3.63) is 29.8 Å². The Morgan fingerprint density at radius 1 is 1.33 bits per heavy atom. The zero-order valence-electron chi connectivity index (χ0n) is 12.5. The summed E-state index contributed by atoms with van der Waals surface area (Å²) in [5, 5.41) is 3.24. The van der Waals surface area contributed by atoms with Gasteiger partial charge in [0.15, 0.2) is 0 Å². The first-order valence-corrected chi connectivity index (χ1v) is 7.45. The molecule has 1 amide bonds. The molecule has 0 spiro atoms. The molecule has 0 aromatic heterocycles. The Kier molecular flexibility index (Phi) is 6.02. The number of primary amides is 1. The van der Waals surface area contributed by atoms with Crippen molar-refractivity contribution >= 4 is 5.91 Å². The lowest BCUT2D eigenvalue weighted by atomic mass is 10.1. The molecule has 2 rings (SSSR count). The van der Waals surface area contributed by atoms with Crippen LogP contribution in [0.3, 0.4) is 0 Å². The van der Waals surface area contributed by atoms with Crippen LogP contribution in [0.1, 0.15) is 24.8 Å².